The summed E-state index contributed by atoms with van der Waals surface area (Å²) in [7, 11) is 1.58. The van der Waals surface area contributed by atoms with Crippen LogP contribution in [0, 0.1) is 11.8 Å². The molecule has 0 spiro atoms. The minimum atomic E-state index is -0.970. The van der Waals surface area contributed by atoms with Crippen LogP contribution in [0.25, 0.3) is 10.9 Å². The monoisotopic (exact) mass is 404 g/mol. The highest BCUT2D eigenvalue weighted by molar-refractivity contribution is 5.94. The third kappa shape index (κ3) is 5.28. The molecule has 2 aromatic carbocycles. The standard InChI is InChI=1S/C24H24N2O4/c1-26(22(27)15-19-16-25-21-12-6-5-11-20(19)21)24(30)18-10-7-9-17(14-18)8-3-2-4-13-23(28)29/h5-7,9-12,14,16,22,25,27H,2,4,13,15H2,1H3,(H,28,29)/t22-/m1/s1. The van der Waals surface area contributed by atoms with Gasteiger partial charge in [-0.1, -0.05) is 36.1 Å². The van der Waals surface area contributed by atoms with Gasteiger partial charge in [-0.3, -0.25) is 9.59 Å². The molecule has 1 heterocycles. The summed E-state index contributed by atoms with van der Waals surface area (Å²) in [5.41, 5.74) is 3.05. The Morgan fingerprint density at radius 2 is 1.97 bits per heavy atom. The molecule has 30 heavy (non-hydrogen) atoms. The van der Waals surface area contributed by atoms with Crippen molar-refractivity contribution in [2.45, 2.75) is 31.9 Å². The van der Waals surface area contributed by atoms with Crippen molar-refractivity contribution in [2.75, 3.05) is 7.05 Å². The molecule has 0 unspecified atom stereocenters. The number of H-pyrrole nitrogens is 1. The fourth-order valence-corrected chi connectivity index (χ4v) is 3.20. The van der Waals surface area contributed by atoms with Crippen LogP contribution in [-0.2, 0) is 11.2 Å². The van der Waals surface area contributed by atoms with E-state index in [4.69, 9.17) is 5.11 Å². The Bertz CT molecular complexity index is 1110. The molecule has 0 saturated carbocycles. The number of para-hydroxylation sites is 1. The number of aliphatic hydroxyl groups excluding tert-OH is 1. The number of aliphatic carboxylic acids is 1. The zero-order valence-electron chi connectivity index (χ0n) is 16.8. The lowest BCUT2D eigenvalue weighted by molar-refractivity contribution is -0.137. The molecule has 1 atom stereocenters. The first-order valence-electron chi connectivity index (χ1n) is 9.76. The SMILES string of the molecule is CN(C(=O)c1cccc(C#CCCCC(=O)O)c1)[C@H](O)Cc1c[nH]c2ccccc12. The van der Waals surface area contributed by atoms with Crippen molar-refractivity contribution in [1.82, 2.24) is 9.88 Å². The first-order valence-corrected chi connectivity index (χ1v) is 9.76. The lowest BCUT2D eigenvalue weighted by Crippen LogP contribution is -2.38. The van der Waals surface area contributed by atoms with Crippen LogP contribution < -0.4 is 0 Å². The third-order valence-electron chi connectivity index (χ3n) is 4.88. The molecule has 0 radical (unpaired) electrons. The van der Waals surface area contributed by atoms with E-state index in [-0.39, 0.29) is 12.3 Å². The molecule has 0 aliphatic rings. The lowest BCUT2D eigenvalue weighted by atomic mass is 10.1. The van der Waals surface area contributed by atoms with E-state index in [0.717, 1.165) is 16.5 Å². The van der Waals surface area contributed by atoms with Crippen molar-refractivity contribution < 1.29 is 19.8 Å². The Balaban J connectivity index is 1.65. The summed E-state index contributed by atoms with van der Waals surface area (Å²) in [6.07, 6.45) is 2.26. The number of carbonyl (C=O) groups excluding carboxylic acids is 1. The number of carboxylic acids is 1. The van der Waals surface area contributed by atoms with E-state index in [0.29, 0.717) is 30.4 Å². The van der Waals surface area contributed by atoms with Gasteiger partial charge in [0.25, 0.3) is 5.91 Å². The number of hydrogen-bond acceptors (Lipinski definition) is 3. The lowest BCUT2D eigenvalue weighted by Gasteiger charge is -2.23. The van der Waals surface area contributed by atoms with Gasteiger partial charge in [-0.05, 0) is 36.2 Å². The van der Waals surface area contributed by atoms with Gasteiger partial charge in [0, 0.05) is 54.5 Å². The number of likely N-dealkylation sites (N-methyl/N-ethyl adjacent to an activating group) is 1. The van der Waals surface area contributed by atoms with Crippen LogP contribution in [0.4, 0.5) is 0 Å². The van der Waals surface area contributed by atoms with Crippen LogP contribution in [0.2, 0.25) is 0 Å². The van der Waals surface area contributed by atoms with E-state index >= 15 is 0 Å². The molecule has 1 amide bonds. The molecule has 1 aromatic heterocycles. The van der Waals surface area contributed by atoms with Crippen molar-refractivity contribution in [3.05, 3.63) is 71.4 Å². The predicted molar refractivity (Wildman–Crippen MR) is 115 cm³/mol. The number of rotatable bonds is 7. The molecule has 3 rings (SSSR count). The summed E-state index contributed by atoms with van der Waals surface area (Å²) >= 11 is 0. The number of aromatic nitrogens is 1. The maximum absolute atomic E-state index is 12.8. The molecule has 0 aliphatic heterocycles. The van der Waals surface area contributed by atoms with E-state index in [1.807, 2.05) is 30.5 Å². The van der Waals surface area contributed by atoms with Gasteiger partial charge in [-0.25, -0.2) is 0 Å². The van der Waals surface area contributed by atoms with Gasteiger partial charge >= 0.3 is 5.97 Å². The van der Waals surface area contributed by atoms with Gasteiger partial charge in [0.15, 0.2) is 0 Å². The van der Waals surface area contributed by atoms with Crippen molar-refractivity contribution in [3.8, 4) is 11.8 Å². The highest BCUT2D eigenvalue weighted by atomic mass is 16.4. The molecule has 3 N–H and O–H groups in total. The summed E-state index contributed by atoms with van der Waals surface area (Å²) in [6.45, 7) is 0. The van der Waals surface area contributed by atoms with E-state index in [2.05, 4.69) is 16.8 Å². The number of carboxylic acid groups (broad SMARTS) is 1. The Hall–Kier alpha value is -3.56. The van der Waals surface area contributed by atoms with Gasteiger partial charge in [0.1, 0.15) is 6.23 Å². The molecular weight excluding hydrogens is 380 g/mol. The number of nitrogens with zero attached hydrogens (tertiary/aromatic N) is 1. The van der Waals surface area contributed by atoms with Crippen LogP contribution in [0.5, 0.6) is 0 Å². The van der Waals surface area contributed by atoms with Crippen LogP contribution >= 0.6 is 0 Å². The topological polar surface area (TPSA) is 93.6 Å². The Kier molecular flexibility index (Phi) is 6.89. The van der Waals surface area contributed by atoms with Crippen LogP contribution in [-0.4, -0.2) is 45.2 Å². The minimum Gasteiger partial charge on any atom is -0.481 e. The van der Waals surface area contributed by atoms with E-state index in [1.165, 1.54) is 4.90 Å². The van der Waals surface area contributed by atoms with Crippen molar-refractivity contribution in [2.24, 2.45) is 0 Å². The molecular formula is C24H24N2O4. The average molecular weight is 404 g/mol. The zero-order valence-corrected chi connectivity index (χ0v) is 16.8. The number of aromatic amines is 1. The van der Waals surface area contributed by atoms with Gasteiger partial charge < -0.3 is 20.1 Å². The van der Waals surface area contributed by atoms with Gasteiger partial charge in [-0.2, -0.15) is 0 Å². The van der Waals surface area contributed by atoms with Crippen molar-refractivity contribution in [1.29, 1.82) is 0 Å². The van der Waals surface area contributed by atoms with Crippen LogP contribution in [0.15, 0.2) is 54.7 Å². The number of carbonyl (C=O) groups is 2. The number of hydrogen-bond donors (Lipinski definition) is 3. The molecule has 0 aliphatic carbocycles. The highest BCUT2D eigenvalue weighted by Crippen LogP contribution is 2.20. The molecule has 6 nitrogen and oxygen atoms in total. The van der Waals surface area contributed by atoms with E-state index in [9.17, 15) is 14.7 Å². The van der Waals surface area contributed by atoms with Gasteiger partial charge in [0.2, 0.25) is 0 Å². The fourth-order valence-electron chi connectivity index (χ4n) is 3.20. The summed E-state index contributed by atoms with van der Waals surface area (Å²) in [5.74, 6) is 4.76. The Morgan fingerprint density at radius 1 is 1.17 bits per heavy atom. The van der Waals surface area contributed by atoms with Crippen molar-refractivity contribution in [3.63, 3.8) is 0 Å². The van der Waals surface area contributed by atoms with E-state index < -0.39 is 12.2 Å². The number of aliphatic hydroxyl groups is 1. The molecule has 154 valence electrons. The maximum Gasteiger partial charge on any atom is 0.303 e. The summed E-state index contributed by atoms with van der Waals surface area (Å²) < 4.78 is 0. The van der Waals surface area contributed by atoms with E-state index in [1.54, 1.807) is 31.3 Å². The molecule has 0 bridgehead atoms. The second-order valence-corrected chi connectivity index (χ2v) is 7.09. The first kappa shape index (κ1) is 21.2. The second kappa shape index (κ2) is 9.77. The van der Waals surface area contributed by atoms with Crippen LogP contribution in [0.3, 0.4) is 0 Å². The van der Waals surface area contributed by atoms with Crippen molar-refractivity contribution >= 4 is 22.8 Å². The Morgan fingerprint density at radius 3 is 2.77 bits per heavy atom. The minimum absolute atomic E-state index is 0.0896. The number of unbranched alkanes of at least 4 members (excludes halogenated alkanes) is 1. The van der Waals surface area contributed by atoms with Crippen LogP contribution in [0.1, 0.15) is 40.7 Å². The number of nitrogens with one attached hydrogen (secondary N) is 1. The summed E-state index contributed by atoms with van der Waals surface area (Å²) in [4.78, 5) is 27.8. The average Bonchev–Trinajstić information content (AvgIpc) is 3.15. The number of amides is 1. The Labute approximate surface area is 175 Å². The fraction of sp³-hybridized carbons (Fsp3) is 0.250. The zero-order chi connectivity index (χ0) is 21.5. The van der Waals surface area contributed by atoms with Gasteiger partial charge in [-0.15, -0.1) is 0 Å². The highest BCUT2D eigenvalue weighted by Gasteiger charge is 2.20. The normalized spacial score (nSPS) is 11.5. The maximum atomic E-state index is 12.8. The largest absolute Gasteiger partial charge is 0.481 e. The summed E-state index contributed by atoms with van der Waals surface area (Å²) in [6, 6.07) is 14.7. The number of fused-ring (bicyclic) bond motifs is 1. The molecule has 6 heteroatoms. The molecule has 0 fully saturated rings. The number of benzene rings is 2. The second-order valence-electron chi connectivity index (χ2n) is 7.09. The molecule has 3 aromatic rings. The first-order chi connectivity index (χ1) is 14.5. The smallest absolute Gasteiger partial charge is 0.303 e. The van der Waals surface area contributed by atoms with Gasteiger partial charge in [0.05, 0.1) is 0 Å². The third-order valence-corrected chi connectivity index (χ3v) is 4.88. The predicted octanol–water partition coefficient (Wildman–Crippen LogP) is 3.41. The molecule has 0 saturated heterocycles. The summed E-state index contributed by atoms with van der Waals surface area (Å²) in [5, 5.41) is 20.3. The quantitative estimate of drug-likeness (QED) is 0.320.